The number of halogens is 1. The third-order valence-electron chi connectivity index (χ3n) is 8.33. The number of ether oxygens (including phenoxy) is 2. The number of benzene rings is 4. The van der Waals surface area contributed by atoms with E-state index in [0.717, 1.165) is 37.3 Å². The Morgan fingerprint density at radius 2 is 1.57 bits per heavy atom. The van der Waals surface area contributed by atoms with Crippen molar-refractivity contribution in [3.05, 3.63) is 131 Å². The molecule has 9 heteroatoms. The molecule has 46 heavy (non-hydrogen) atoms. The predicted molar refractivity (Wildman–Crippen MR) is 186 cm³/mol. The molecule has 0 aromatic heterocycles. The largest absolute Gasteiger partial charge is 0.452 e. The number of morpholine rings is 1. The summed E-state index contributed by atoms with van der Waals surface area (Å²) in [6.07, 6.45) is 0.491. The molecule has 4 aromatic rings. The van der Waals surface area contributed by atoms with Crippen molar-refractivity contribution >= 4 is 41.1 Å². The minimum atomic E-state index is -1.05. The number of nitrogens with two attached hydrogens (primary N) is 1. The minimum absolute atomic E-state index is 0.0220. The van der Waals surface area contributed by atoms with Crippen LogP contribution in [0, 0.1) is 0 Å². The first-order valence-corrected chi connectivity index (χ1v) is 16.8. The molecule has 1 aliphatic heterocycles. The van der Waals surface area contributed by atoms with E-state index in [9.17, 15) is 9.59 Å². The normalized spacial score (nSPS) is 18.6. The minimum Gasteiger partial charge on any atom is -0.452 e. The van der Waals surface area contributed by atoms with Gasteiger partial charge < -0.3 is 20.5 Å². The number of hydrogen-bond acceptors (Lipinski definition) is 7. The van der Waals surface area contributed by atoms with Crippen molar-refractivity contribution in [2.75, 3.05) is 24.3 Å². The van der Waals surface area contributed by atoms with Gasteiger partial charge in [0.25, 0.3) is 5.91 Å². The van der Waals surface area contributed by atoms with E-state index in [1.165, 1.54) is 7.11 Å². The summed E-state index contributed by atoms with van der Waals surface area (Å²) in [5.41, 5.74) is 9.82. The quantitative estimate of drug-likeness (QED) is 0.167. The smallest absolute Gasteiger partial charge is 0.420 e. The monoisotopic (exact) mass is 657 g/mol. The van der Waals surface area contributed by atoms with Crippen molar-refractivity contribution < 1.29 is 19.1 Å². The second-order valence-electron chi connectivity index (χ2n) is 11.4. The average molecular weight is 658 g/mol. The van der Waals surface area contributed by atoms with Crippen molar-refractivity contribution in [3.63, 3.8) is 0 Å². The number of carbonyl (C=O) groups is 2. The summed E-state index contributed by atoms with van der Waals surface area (Å²) in [5, 5.41) is 4.31. The number of methoxy groups -OCH3 is 1. The first kappa shape index (κ1) is 33.7. The van der Waals surface area contributed by atoms with Crippen molar-refractivity contribution in [2.45, 2.75) is 54.9 Å². The van der Waals surface area contributed by atoms with Gasteiger partial charge in [-0.15, -0.1) is 11.8 Å². The Morgan fingerprint density at radius 1 is 0.957 bits per heavy atom. The molecule has 1 saturated heterocycles. The third kappa shape index (κ3) is 8.37. The molecule has 7 nitrogen and oxygen atoms in total. The zero-order valence-electron chi connectivity index (χ0n) is 26.1. The van der Waals surface area contributed by atoms with Crippen LogP contribution in [0.2, 0.25) is 5.02 Å². The molecule has 3 N–H and O–H groups in total. The highest BCUT2D eigenvalue weighted by Gasteiger charge is 2.36. The van der Waals surface area contributed by atoms with Gasteiger partial charge in [0.15, 0.2) is 0 Å². The fourth-order valence-corrected chi connectivity index (χ4v) is 6.98. The molecule has 240 valence electrons. The van der Waals surface area contributed by atoms with E-state index in [0.29, 0.717) is 25.1 Å². The van der Waals surface area contributed by atoms with Gasteiger partial charge >= 0.3 is 6.09 Å². The number of imide groups is 1. The maximum absolute atomic E-state index is 14.2. The summed E-state index contributed by atoms with van der Waals surface area (Å²) in [5.74, 6) is -0.212. The molecule has 0 radical (unpaired) electrons. The second-order valence-corrected chi connectivity index (χ2v) is 12.9. The van der Waals surface area contributed by atoms with Crippen LogP contribution in [0.1, 0.15) is 36.0 Å². The zero-order chi connectivity index (χ0) is 32.5. The molecule has 5 rings (SSSR count). The van der Waals surface area contributed by atoms with Crippen molar-refractivity contribution in [2.24, 2.45) is 5.73 Å². The van der Waals surface area contributed by atoms with Gasteiger partial charge in [-0.25, -0.2) is 9.69 Å². The lowest BCUT2D eigenvalue weighted by Crippen LogP contribution is -2.52. The number of aryl methyl sites for hydroxylation is 1. The Hall–Kier alpha value is -3.66. The van der Waals surface area contributed by atoms with E-state index in [4.69, 9.17) is 26.8 Å². The van der Waals surface area contributed by atoms with Crippen molar-refractivity contribution in [1.29, 1.82) is 0 Å². The Morgan fingerprint density at radius 3 is 2.20 bits per heavy atom. The van der Waals surface area contributed by atoms with Crippen LogP contribution in [0.4, 0.5) is 10.5 Å². The molecule has 0 unspecified atom stereocenters. The molecule has 4 aromatic carbocycles. The van der Waals surface area contributed by atoms with Gasteiger partial charge in [0, 0.05) is 34.2 Å². The number of para-hydroxylation sites is 1. The number of nitrogens with one attached hydrogen (secondary N) is 1. The Labute approximate surface area is 280 Å². The lowest BCUT2D eigenvalue weighted by atomic mass is 9.84. The first-order valence-electron chi connectivity index (χ1n) is 15.5. The molecule has 1 heterocycles. The first-order chi connectivity index (χ1) is 22.4. The lowest BCUT2D eigenvalue weighted by molar-refractivity contribution is -0.119. The Balaban J connectivity index is 1.33. The van der Waals surface area contributed by atoms with E-state index in [1.54, 1.807) is 17.8 Å². The summed E-state index contributed by atoms with van der Waals surface area (Å²) >= 11 is 7.79. The van der Waals surface area contributed by atoms with E-state index in [-0.39, 0.29) is 18.2 Å². The lowest BCUT2D eigenvalue weighted by Gasteiger charge is -2.36. The van der Waals surface area contributed by atoms with Crippen LogP contribution < -0.4 is 16.0 Å². The summed E-state index contributed by atoms with van der Waals surface area (Å²) in [6.45, 7) is 2.85. The standard InChI is InChI=1S/C37H40ClN3O4S/c1-25-33(24-46-31-21-18-29(38)19-22-31)45-30(23-40-25)20-17-26-11-9-10-16-32(26)41(37(43)44-2)36(42)35(39)34(27-12-5-3-6-13-27)28-14-7-4-8-15-28/h3-16,18-19,21-22,25,30,33-35,40H,17,20,23-24,39H2,1-2H3/t25-,30-,33-,35+/m1/s1. The number of thioether (sulfide) groups is 1. The summed E-state index contributed by atoms with van der Waals surface area (Å²) in [4.78, 5) is 29.7. The third-order valence-corrected chi connectivity index (χ3v) is 9.68. The maximum atomic E-state index is 14.2. The Kier molecular flexibility index (Phi) is 11.9. The van der Waals surface area contributed by atoms with E-state index < -0.39 is 24.0 Å². The van der Waals surface area contributed by atoms with E-state index >= 15 is 0 Å². The molecule has 0 bridgehead atoms. The van der Waals surface area contributed by atoms with Gasteiger partial charge in [-0.05, 0) is 66.8 Å². The van der Waals surface area contributed by atoms with Crippen molar-refractivity contribution in [3.8, 4) is 0 Å². The second kappa shape index (κ2) is 16.3. The number of rotatable bonds is 11. The van der Waals surface area contributed by atoms with Crippen LogP contribution in [-0.2, 0) is 20.7 Å². The van der Waals surface area contributed by atoms with Gasteiger partial charge in [-0.3, -0.25) is 4.79 Å². The summed E-state index contributed by atoms with van der Waals surface area (Å²) in [6, 6.07) is 33.7. The number of anilines is 1. The van der Waals surface area contributed by atoms with Gasteiger partial charge in [0.1, 0.15) is 0 Å². The predicted octanol–water partition coefficient (Wildman–Crippen LogP) is 7.07. The van der Waals surface area contributed by atoms with Crippen LogP contribution in [0.5, 0.6) is 0 Å². The number of nitrogens with zero attached hydrogens (tertiary/aromatic N) is 1. The molecule has 0 aliphatic carbocycles. The SMILES string of the molecule is COC(=O)N(C(=O)[C@@H](N)C(c1ccccc1)c1ccccc1)c1ccccc1CC[C@@H]1CN[C@H](C)[C@@H](CSc2ccc(Cl)cc2)O1. The molecule has 1 aliphatic rings. The zero-order valence-corrected chi connectivity index (χ0v) is 27.6. The molecule has 0 saturated carbocycles. The molecule has 4 atom stereocenters. The fourth-order valence-electron chi connectivity index (χ4n) is 5.80. The molecular formula is C37H40ClN3O4S. The number of carbonyl (C=O) groups excluding carboxylic acids is 2. The molecule has 1 fully saturated rings. The average Bonchev–Trinajstić information content (AvgIpc) is 3.09. The molecule has 2 amide bonds. The van der Waals surface area contributed by atoms with Gasteiger partial charge in [0.2, 0.25) is 0 Å². The highest BCUT2D eigenvalue weighted by atomic mass is 35.5. The highest BCUT2D eigenvalue weighted by molar-refractivity contribution is 7.99. The van der Waals surface area contributed by atoms with Crippen LogP contribution in [-0.4, -0.2) is 55.7 Å². The van der Waals surface area contributed by atoms with Crippen LogP contribution in [0.3, 0.4) is 0 Å². The maximum Gasteiger partial charge on any atom is 0.420 e. The number of hydrogen-bond donors (Lipinski definition) is 2. The highest BCUT2D eigenvalue weighted by Crippen LogP contribution is 2.32. The van der Waals surface area contributed by atoms with Gasteiger partial charge in [-0.2, -0.15) is 0 Å². The van der Waals surface area contributed by atoms with Gasteiger partial charge in [-0.1, -0.05) is 90.5 Å². The fraction of sp³-hybridized carbons (Fsp3) is 0.297. The Bertz CT molecular complexity index is 1540. The summed E-state index contributed by atoms with van der Waals surface area (Å²) < 4.78 is 11.7. The summed E-state index contributed by atoms with van der Waals surface area (Å²) in [7, 11) is 1.27. The number of amides is 2. The van der Waals surface area contributed by atoms with Crippen molar-refractivity contribution in [1.82, 2.24) is 5.32 Å². The van der Waals surface area contributed by atoms with Gasteiger partial charge in [0.05, 0.1) is 31.0 Å². The van der Waals surface area contributed by atoms with E-state index in [2.05, 4.69) is 12.2 Å². The topological polar surface area (TPSA) is 93.9 Å². The van der Waals surface area contributed by atoms with Crippen LogP contribution in [0.15, 0.2) is 114 Å². The molecular weight excluding hydrogens is 618 g/mol. The molecule has 0 spiro atoms. The van der Waals surface area contributed by atoms with E-state index in [1.807, 2.05) is 103 Å². The van der Waals surface area contributed by atoms with Crippen LogP contribution >= 0.6 is 23.4 Å². The van der Waals surface area contributed by atoms with Crippen LogP contribution in [0.25, 0.3) is 0 Å².